The van der Waals surface area contributed by atoms with Crippen molar-refractivity contribution in [1.29, 1.82) is 0 Å². The van der Waals surface area contributed by atoms with Crippen LogP contribution in [0.5, 0.6) is 0 Å². The maximum atomic E-state index is 11.1. The van der Waals surface area contributed by atoms with Gasteiger partial charge in [-0.15, -0.1) is 0 Å². The van der Waals surface area contributed by atoms with Crippen LogP contribution in [-0.4, -0.2) is 37.1 Å². The van der Waals surface area contributed by atoms with Gasteiger partial charge in [0.05, 0.1) is 12.6 Å². The highest BCUT2D eigenvalue weighted by Crippen LogP contribution is 1.94. The molecule has 0 aliphatic heterocycles. The lowest BCUT2D eigenvalue weighted by Gasteiger charge is -2.13. The molecule has 5 heteroatoms. The third-order valence-corrected chi connectivity index (χ3v) is 1.65. The Morgan fingerprint density at radius 1 is 1.21 bits per heavy atom. The quantitative estimate of drug-likeness (QED) is 0.592. The van der Waals surface area contributed by atoms with Crippen LogP contribution in [0.4, 0.5) is 0 Å². The Morgan fingerprint density at radius 2 is 1.79 bits per heavy atom. The predicted octanol–water partition coefficient (Wildman–Crippen LogP) is -0.741. The van der Waals surface area contributed by atoms with Crippen LogP contribution < -0.4 is 10.6 Å². The summed E-state index contributed by atoms with van der Waals surface area (Å²) in [6.07, 6.45) is 0.0603. The van der Waals surface area contributed by atoms with Crippen LogP contribution in [0, 0.1) is 0 Å². The Balaban J connectivity index is 4.16. The molecule has 0 aromatic heterocycles. The first-order valence-electron chi connectivity index (χ1n) is 4.41. The smallest absolute Gasteiger partial charge is 0.234 e. The van der Waals surface area contributed by atoms with E-state index in [4.69, 9.17) is 0 Å². The molecular formula is C9H16N2O3. The molecule has 0 aromatic carbocycles. The van der Waals surface area contributed by atoms with Crippen molar-refractivity contribution in [2.24, 2.45) is 0 Å². The van der Waals surface area contributed by atoms with Gasteiger partial charge in [-0.25, -0.2) is 0 Å². The number of nitrogens with one attached hydrogen (secondary N) is 2. The number of carbonyl (C=O) groups is 3. The van der Waals surface area contributed by atoms with Crippen LogP contribution >= 0.6 is 0 Å². The lowest BCUT2D eigenvalue weighted by Crippen LogP contribution is -2.44. The fraction of sp³-hybridized carbons (Fsp3) is 0.667. The summed E-state index contributed by atoms with van der Waals surface area (Å²) in [7, 11) is 1.63. The highest BCUT2D eigenvalue weighted by Gasteiger charge is 2.17. The van der Waals surface area contributed by atoms with Crippen molar-refractivity contribution >= 4 is 17.5 Å². The van der Waals surface area contributed by atoms with Gasteiger partial charge in [0.1, 0.15) is 5.78 Å². The minimum Gasteiger partial charge on any atom is -0.345 e. The molecule has 1 unspecified atom stereocenters. The van der Waals surface area contributed by atoms with Gasteiger partial charge < -0.3 is 10.6 Å². The number of ketones is 2. The van der Waals surface area contributed by atoms with E-state index in [0.717, 1.165) is 0 Å². The van der Waals surface area contributed by atoms with Crippen molar-refractivity contribution in [3.8, 4) is 0 Å². The Kier molecular flexibility index (Phi) is 5.71. The molecule has 0 rings (SSSR count). The molecule has 0 saturated carbocycles. The first-order valence-corrected chi connectivity index (χ1v) is 4.41. The average molecular weight is 200 g/mol. The van der Waals surface area contributed by atoms with Gasteiger partial charge in [0.25, 0.3) is 0 Å². The van der Waals surface area contributed by atoms with Gasteiger partial charge >= 0.3 is 0 Å². The van der Waals surface area contributed by atoms with E-state index in [0.29, 0.717) is 0 Å². The van der Waals surface area contributed by atoms with Crippen LogP contribution in [0.3, 0.4) is 0 Å². The van der Waals surface area contributed by atoms with Gasteiger partial charge in [0, 0.05) is 6.42 Å². The summed E-state index contributed by atoms with van der Waals surface area (Å²) in [6, 6.07) is -0.687. The molecule has 0 spiro atoms. The number of rotatable bonds is 6. The normalized spacial score (nSPS) is 11.9. The lowest BCUT2D eigenvalue weighted by atomic mass is 10.1. The van der Waals surface area contributed by atoms with E-state index < -0.39 is 6.04 Å². The van der Waals surface area contributed by atoms with E-state index >= 15 is 0 Å². The summed E-state index contributed by atoms with van der Waals surface area (Å²) in [6.45, 7) is 2.88. The maximum Gasteiger partial charge on any atom is 0.234 e. The summed E-state index contributed by atoms with van der Waals surface area (Å²) >= 11 is 0. The standard InChI is InChI=1S/C9H16N2O3/c1-6(12)4-8(7(2)13)11-9(14)5-10-3/h8,10H,4-5H2,1-3H3,(H,11,14). The van der Waals surface area contributed by atoms with Gasteiger partial charge in [-0.3, -0.25) is 14.4 Å². The molecule has 0 saturated heterocycles. The first-order chi connectivity index (χ1) is 6.47. The molecule has 1 atom stereocenters. The van der Waals surface area contributed by atoms with Gasteiger partial charge in [-0.2, -0.15) is 0 Å². The molecule has 0 heterocycles. The minimum atomic E-state index is -0.687. The average Bonchev–Trinajstić information content (AvgIpc) is 2.02. The SMILES string of the molecule is CNCC(=O)NC(CC(C)=O)C(C)=O. The molecular weight excluding hydrogens is 184 g/mol. The van der Waals surface area contributed by atoms with E-state index in [-0.39, 0.29) is 30.4 Å². The fourth-order valence-electron chi connectivity index (χ4n) is 0.990. The van der Waals surface area contributed by atoms with Crippen LogP contribution in [0.1, 0.15) is 20.3 Å². The van der Waals surface area contributed by atoms with Crippen LogP contribution in [-0.2, 0) is 14.4 Å². The van der Waals surface area contributed by atoms with E-state index in [1.54, 1.807) is 7.05 Å². The van der Waals surface area contributed by atoms with E-state index in [2.05, 4.69) is 10.6 Å². The first kappa shape index (κ1) is 12.8. The zero-order chi connectivity index (χ0) is 11.1. The molecule has 0 radical (unpaired) electrons. The van der Waals surface area contributed by atoms with Crippen molar-refractivity contribution in [1.82, 2.24) is 10.6 Å². The number of amides is 1. The second-order valence-electron chi connectivity index (χ2n) is 3.17. The molecule has 1 amide bonds. The van der Waals surface area contributed by atoms with Gasteiger partial charge in [0.15, 0.2) is 5.78 Å². The minimum absolute atomic E-state index is 0.0603. The molecule has 0 bridgehead atoms. The maximum absolute atomic E-state index is 11.1. The van der Waals surface area contributed by atoms with Crippen molar-refractivity contribution in [3.05, 3.63) is 0 Å². The zero-order valence-electron chi connectivity index (χ0n) is 8.72. The molecule has 0 aliphatic carbocycles. The molecule has 0 aromatic rings. The van der Waals surface area contributed by atoms with Crippen molar-refractivity contribution in [2.75, 3.05) is 13.6 Å². The molecule has 2 N–H and O–H groups in total. The highest BCUT2D eigenvalue weighted by atomic mass is 16.2. The number of carbonyl (C=O) groups excluding carboxylic acids is 3. The van der Waals surface area contributed by atoms with E-state index in [1.807, 2.05) is 0 Å². The monoisotopic (exact) mass is 200 g/mol. The summed E-state index contributed by atoms with van der Waals surface area (Å²) < 4.78 is 0. The summed E-state index contributed by atoms with van der Waals surface area (Å²) in [4.78, 5) is 32.9. The Bertz CT molecular complexity index is 238. The second-order valence-corrected chi connectivity index (χ2v) is 3.17. The van der Waals surface area contributed by atoms with E-state index in [1.165, 1.54) is 13.8 Å². The Hall–Kier alpha value is -1.23. The molecule has 0 aliphatic rings. The van der Waals surface area contributed by atoms with Crippen LogP contribution in [0.25, 0.3) is 0 Å². The Labute approximate surface area is 83.2 Å². The third-order valence-electron chi connectivity index (χ3n) is 1.65. The molecule has 0 fully saturated rings. The lowest BCUT2D eigenvalue weighted by molar-refractivity contribution is -0.128. The molecule has 14 heavy (non-hydrogen) atoms. The van der Waals surface area contributed by atoms with Gasteiger partial charge in [-0.1, -0.05) is 0 Å². The summed E-state index contributed by atoms with van der Waals surface area (Å²) in [5.41, 5.74) is 0. The van der Waals surface area contributed by atoms with E-state index in [9.17, 15) is 14.4 Å². The van der Waals surface area contributed by atoms with Gasteiger partial charge in [0.2, 0.25) is 5.91 Å². The van der Waals surface area contributed by atoms with Crippen molar-refractivity contribution in [3.63, 3.8) is 0 Å². The Morgan fingerprint density at radius 3 is 2.14 bits per heavy atom. The number of Topliss-reactive ketones (excluding diaryl/α,β-unsaturated/α-hetero) is 2. The van der Waals surface area contributed by atoms with Crippen LogP contribution in [0.15, 0.2) is 0 Å². The fourth-order valence-corrected chi connectivity index (χ4v) is 0.990. The van der Waals surface area contributed by atoms with Crippen molar-refractivity contribution < 1.29 is 14.4 Å². The zero-order valence-corrected chi connectivity index (χ0v) is 8.72. The molecule has 5 nitrogen and oxygen atoms in total. The second kappa shape index (κ2) is 6.26. The summed E-state index contributed by atoms with van der Waals surface area (Å²) in [5.74, 6) is -0.603. The largest absolute Gasteiger partial charge is 0.345 e. The highest BCUT2D eigenvalue weighted by molar-refractivity contribution is 5.92. The predicted molar refractivity (Wildman–Crippen MR) is 51.8 cm³/mol. The van der Waals surface area contributed by atoms with Crippen molar-refractivity contribution in [2.45, 2.75) is 26.3 Å². The third kappa shape index (κ3) is 5.42. The number of likely N-dealkylation sites (N-methyl/N-ethyl adjacent to an activating group) is 1. The summed E-state index contributed by atoms with van der Waals surface area (Å²) in [5, 5.41) is 5.13. The number of hydrogen-bond donors (Lipinski definition) is 2. The van der Waals surface area contributed by atoms with Crippen LogP contribution in [0.2, 0.25) is 0 Å². The molecule has 80 valence electrons. The number of hydrogen-bond acceptors (Lipinski definition) is 4. The topological polar surface area (TPSA) is 75.3 Å². The van der Waals surface area contributed by atoms with Gasteiger partial charge in [-0.05, 0) is 20.9 Å².